The summed E-state index contributed by atoms with van der Waals surface area (Å²) >= 11 is 0. The lowest BCUT2D eigenvalue weighted by molar-refractivity contribution is 0.112. The molecule has 0 aromatic heterocycles. The highest BCUT2D eigenvalue weighted by Crippen LogP contribution is 2.38. The van der Waals surface area contributed by atoms with Crippen molar-refractivity contribution in [1.82, 2.24) is 5.32 Å². The number of carbonyl (C=O) groups excluding carboxylic acids is 1. The van der Waals surface area contributed by atoms with Crippen LogP contribution in [0.5, 0.6) is 0 Å². The molecule has 0 saturated carbocycles. The number of amides is 1. The Morgan fingerprint density at radius 2 is 1.78 bits per heavy atom. The normalized spacial score (nSPS) is 16.3. The number of alkyl carbamates (subject to hydrolysis) is 1. The predicted molar refractivity (Wildman–Crippen MR) is 92.1 cm³/mol. The van der Waals surface area contributed by atoms with E-state index in [1.165, 1.54) is 11.3 Å². The van der Waals surface area contributed by atoms with E-state index in [-0.39, 0.29) is 18.2 Å². The molecule has 23 heavy (non-hydrogen) atoms. The summed E-state index contributed by atoms with van der Waals surface area (Å²) in [6, 6.07) is 16.4. The number of ether oxygens (including phenoxy) is 1. The van der Waals surface area contributed by atoms with E-state index in [9.17, 15) is 4.79 Å². The highest BCUT2D eigenvalue weighted by molar-refractivity contribution is 5.74. The highest BCUT2D eigenvalue weighted by Gasteiger charge is 2.26. The molecule has 0 saturated heterocycles. The van der Waals surface area contributed by atoms with Crippen LogP contribution >= 0.6 is 0 Å². The quantitative estimate of drug-likeness (QED) is 0.904. The molecule has 0 radical (unpaired) electrons. The molecule has 1 N–H and O–H groups in total. The van der Waals surface area contributed by atoms with E-state index in [0.717, 1.165) is 17.7 Å². The SMILES string of the molecule is CC(C)OC(=O)NC1Cc2ccccc2N(C)c2ccccc21. The summed E-state index contributed by atoms with van der Waals surface area (Å²) in [5, 5.41) is 3.02. The number of para-hydroxylation sites is 2. The van der Waals surface area contributed by atoms with Gasteiger partial charge in [0.05, 0.1) is 12.1 Å². The van der Waals surface area contributed by atoms with Crippen molar-refractivity contribution in [3.63, 3.8) is 0 Å². The van der Waals surface area contributed by atoms with Crippen LogP contribution in [0.15, 0.2) is 48.5 Å². The number of fused-ring (bicyclic) bond motifs is 2. The fourth-order valence-corrected chi connectivity index (χ4v) is 3.08. The maximum atomic E-state index is 12.1. The lowest BCUT2D eigenvalue weighted by Gasteiger charge is -2.23. The Balaban J connectivity index is 1.99. The van der Waals surface area contributed by atoms with Crippen LogP contribution in [0.25, 0.3) is 0 Å². The van der Waals surface area contributed by atoms with Crippen LogP contribution in [0, 0.1) is 0 Å². The number of anilines is 2. The zero-order chi connectivity index (χ0) is 16.4. The van der Waals surface area contributed by atoms with E-state index in [1.807, 2.05) is 38.1 Å². The molecule has 2 aromatic rings. The van der Waals surface area contributed by atoms with E-state index >= 15 is 0 Å². The molecule has 1 atom stereocenters. The second kappa shape index (κ2) is 6.32. The Bertz CT molecular complexity index is 712. The molecular weight excluding hydrogens is 288 g/mol. The van der Waals surface area contributed by atoms with Gasteiger partial charge in [-0.3, -0.25) is 0 Å². The van der Waals surface area contributed by atoms with Crippen LogP contribution in [0.3, 0.4) is 0 Å². The Morgan fingerprint density at radius 1 is 1.13 bits per heavy atom. The molecule has 1 amide bonds. The van der Waals surface area contributed by atoms with Crippen molar-refractivity contribution in [2.24, 2.45) is 0 Å². The maximum absolute atomic E-state index is 12.1. The predicted octanol–water partition coefficient (Wildman–Crippen LogP) is 4.19. The van der Waals surface area contributed by atoms with Crippen LogP contribution in [0.2, 0.25) is 0 Å². The molecule has 2 aromatic carbocycles. The van der Waals surface area contributed by atoms with E-state index in [4.69, 9.17) is 4.74 Å². The minimum atomic E-state index is -0.373. The minimum Gasteiger partial charge on any atom is -0.447 e. The molecule has 1 aliphatic heterocycles. The van der Waals surface area contributed by atoms with Gasteiger partial charge in [0.1, 0.15) is 0 Å². The average molecular weight is 310 g/mol. The molecule has 0 spiro atoms. The zero-order valence-electron chi connectivity index (χ0n) is 13.7. The number of hydrogen-bond donors (Lipinski definition) is 1. The van der Waals surface area contributed by atoms with Crippen LogP contribution in [-0.2, 0) is 11.2 Å². The van der Waals surface area contributed by atoms with E-state index in [2.05, 4.69) is 41.5 Å². The molecular formula is C19H22N2O2. The summed E-state index contributed by atoms with van der Waals surface area (Å²) in [4.78, 5) is 14.3. The molecule has 0 aliphatic carbocycles. The fraction of sp³-hybridized carbons (Fsp3) is 0.316. The minimum absolute atomic E-state index is 0.108. The fourth-order valence-electron chi connectivity index (χ4n) is 3.08. The van der Waals surface area contributed by atoms with Gasteiger partial charge in [0.25, 0.3) is 0 Å². The number of hydrogen-bond acceptors (Lipinski definition) is 3. The van der Waals surface area contributed by atoms with Gasteiger partial charge >= 0.3 is 6.09 Å². The van der Waals surface area contributed by atoms with Gasteiger partial charge in [0.2, 0.25) is 0 Å². The molecule has 1 unspecified atom stereocenters. The first-order valence-corrected chi connectivity index (χ1v) is 7.94. The van der Waals surface area contributed by atoms with Crippen LogP contribution < -0.4 is 10.2 Å². The lowest BCUT2D eigenvalue weighted by atomic mass is 9.99. The van der Waals surface area contributed by atoms with Crippen LogP contribution in [-0.4, -0.2) is 19.2 Å². The van der Waals surface area contributed by atoms with Crippen LogP contribution in [0.1, 0.15) is 31.0 Å². The van der Waals surface area contributed by atoms with Gasteiger partial charge in [0.15, 0.2) is 0 Å². The number of nitrogens with zero attached hydrogens (tertiary/aromatic N) is 1. The van der Waals surface area contributed by atoms with Crippen molar-refractivity contribution in [3.8, 4) is 0 Å². The third-order valence-electron chi connectivity index (χ3n) is 4.09. The van der Waals surface area contributed by atoms with E-state index < -0.39 is 0 Å². The standard InChI is InChI=1S/C19H22N2O2/c1-13(2)23-19(22)20-16-12-14-8-4-6-10-17(14)21(3)18-11-7-5-9-15(16)18/h4-11,13,16H,12H2,1-3H3,(H,20,22). The summed E-state index contributed by atoms with van der Waals surface area (Å²) in [5.41, 5.74) is 4.58. The van der Waals surface area contributed by atoms with Crippen molar-refractivity contribution in [1.29, 1.82) is 0 Å². The molecule has 1 aliphatic rings. The summed E-state index contributed by atoms with van der Waals surface area (Å²) in [6.45, 7) is 3.70. The van der Waals surface area contributed by atoms with E-state index in [0.29, 0.717) is 0 Å². The summed E-state index contributed by atoms with van der Waals surface area (Å²) in [7, 11) is 2.06. The number of rotatable bonds is 2. The topological polar surface area (TPSA) is 41.6 Å². The van der Waals surface area contributed by atoms with E-state index in [1.54, 1.807) is 0 Å². The third kappa shape index (κ3) is 3.16. The molecule has 4 nitrogen and oxygen atoms in total. The number of benzene rings is 2. The highest BCUT2D eigenvalue weighted by atomic mass is 16.6. The summed E-state index contributed by atoms with van der Waals surface area (Å²) in [5.74, 6) is 0. The maximum Gasteiger partial charge on any atom is 0.407 e. The van der Waals surface area contributed by atoms with Crippen molar-refractivity contribution in [2.45, 2.75) is 32.4 Å². The number of carbonyl (C=O) groups is 1. The van der Waals surface area contributed by atoms with Gasteiger partial charge in [-0.05, 0) is 43.5 Å². The summed E-state index contributed by atoms with van der Waals surface area (Å²) in [6.07, 6.45) is 0.234. The molecule has 0 fully saturated rings. The van der Waals surface area contributed by atoms with Gasteiger partial charge in [0, 0.05) is 18.4 Å². The van der Waals surface area contributed by atoms with Gasteiger partial charge in [-0.25, -0.2) is 4.79 Å². The lowest BCUT2D eigenvalue weighted by Crippen LogP contribution is -2.32. The molecule has 0 bridgehead atoms. The Hall–Kier alpha value is -2.49. The van der Waals surface area contributed by atoms with Crippen molar-refractivity contribution < 1.29 is 9.53 Å². The van der Waals surface area contributed by atoms with Crippen molar-refractivity contribution in [3.05, 3.63) is 59.7 Å². The van der Waals surface area contributed by atoms with Crippen molar-refractivity contribution >= 4 is 17.5 Å². The second-order valence-electron chi connectivity index (χ2n) is 6.10. The molecule has 1 heterocycles. The Morgan fingerprint density at radius 3 is 2.52 bits per heavy atom. The first kappa shape index (κ1) is 15.4. The molecule has 3 rings (SSSR count). The van der Waals surface area contributed by atoms with Gasteiger partial charge in [-0.2, -0.15) is 0 Å². The van der Waals surface area contributed by atoms with Crippen molar-refractivity contribution in [2.75, 3.05) is 11.9 Å². The first-order valence-electron chi connectivity index (χ1n) is 7.94. The Labute approximate surface area is 137 Å². The Kier molecular flexibility index (Phi) is 4.24. The average Bonchev–Trinajstić information content (AvgIpc) is 2.63. The molecule has 4 heteroatoms. The zero-order valence-corrected chi connectivity index (χ0v) is 13.7. The number of nitrogens with one attached hydrogen (secondary N) is 1. The first-order chi connectivity index (χ1) is 11.1. The largest absolute Gasteiger partial charge is 0.447 e. The monoisotopic (exact) mass is 310 g/mol. The molecule has 120 valence electrons. The third-order valence-corrected chi connectivity index (χ3v) is 4.09. The van der Waals surface area contributed by atoms with Crippen LogP contribution in [0.4, 0.5) is 16.2 Å². The summed E-state index contributed by atoms with van der Waals surface area (Å²) < 4.78 is 5.26. The smallest absolute Gasteiger partial charge is 0.407 e. The van der Waals surface area contributed by atoms with Gasteiger partial charge in [-0.15, -0.1) is 0 Å². The van der Waals surface area contributed by atoms with Gasteiger partial charge in [-0.1, -0.05) is 36.4 Å². The van der Waals surface area contributed by atoms with Gasteiger partial charge < -0.3 is 15.0 Å². The second-order valence-corrected chi connectivity index (χ2v) is 6.10.